The van der Waals surface area contributed by atoms with Crippen molar-refractivity contribution in [3.63, 3.8) is 0 Å². The molecule has 2 N–H and O–H groups in total. The number of hydroxylamine groups is 1. The lowest BCUT2D eigenvalue weighted by atomic mass is 9.82. The van der Waals surface area contributed by atoms with Gasteiger partial charge in [0.2, 0.25) is 5.91 Å². The summed E-state index contributed by atoms with van der Waals surface area (Å²) in [5.74, 6) is 0.408. The SMILES string of the molecule is COc1ccc(-c2ccc3c(c2)CC(C(=O)NO)CC3)c(C)c1. The Morgan fingerprint density at radius 1 is 1.22 bits per heavy atom. The molecule has 1 aliphatic rings. The van der Waals surface area contributed by atoms with Gasteiger partial charge >= 0.3 is 0 Å². The molecule has 0 fully saturated rings. The third-order valence-corrected chi connectivity index (χ3v) is 4.66. The second-order valence-corrected chi connectivity index (χ2v) is 6.08. The van der Waals surface area contributed by atoms with Gasteiger partial charge in [0.15, 0.2) is 0 Å². The normalized spacial score (nSPS) is 16.6. The van der Waals surface area contributed by atoms with Crippen LogP contribution < -0.4 is 10.2 Å². The molecule has 23 heavy (non-hydrogen) atoms. The summed E-state index contributed by atoms with van der Waals surface area (Å²) in [6.45, 7) is 2.07. The number of nitrogens with one attached hydrogen (secondary N) is 1. The highest BCUT2D eigenvalue weighted by Crippen LogP contribution is 2.32. The van der Waals surface area contributed by atoms with E-state index in [1.807, 2.05) is 12.1 Å². The second kappa shape index (κ2) is 6.42. The summed E-state index contributed by atoms with van der Waals surface area (Å²) in [7, 11) is 1.67. The number of ether oxygens (including phenoxy) is 1. The van der Waals surface area contributed by atoms with Crippen molar-refractivity contribution in [1.82, 2.24) is 5.48 Å². The number of fused-ring (bicyclic) bond motifs is 1. The number of methoxy groups -OCH3 is 1. The fraction of sp³-hybridized carbons (Fsp3) is 0.316. The molecule has 0 aromatic heterocycles. The van der Waals surface area contributed by atoms with Crippen LogP contribution in [-0.2, 0) is 17.6 Å². The Kier molecular flexibility index (Phi) is 4.35. The van der Waals surface area contributed by atoms with Gasteiger partial charge in [-0.05, 0) is 66.1 Å². The highest BCUT2D eigenvalue weighted by molar-refractivity contribution is 5.78. The maximum Gasteiger partial charge on any atom is 0.246 e. The molecule has 2 aromatic rings. The zero-order valence-corrected chi connectivity index (χ0v) is 13.4. The molecule has 0 aliphatic heterocycles. The van der Waals surface area contributed by atoms with E-state index in [1.54, 1.807) is 12.6 Å². The number of carbonyl (C=O) groups excluding carboxylic acids is 1. The van der Waals surface area contributed by atoms with Gasteiger partial charge in [-0.2, -0.15) is 0 Å². The van der Waals surface area contributed by atoms with Crippen molar-refractivity contribution in [3.8, 4) is 16.9 Å². The Hall–Kier alpha value is -2.33. The van der Waals surface area contributed by atoms with E-state index in [4.69, 9.17) is 9.94 Å². The zero-order chi connectivity index (χ0) is 16.4. The maximum absolute atomic E-state index is 11.7. The number of aryl methyl sites for hydroxylation is 2. The molecule has 0 saturated heterocycles. The molecule has 1 unspecified atom stereocenters. The number of hydrogen-bond donors (Lipinski definition) is 2. The van der Waals surface area contributed by atoms with Crippen LogP contribution in [0.15, 0.2) is 36.4 Å². The topological polar surface area (TPSA) is 58.6 Å². The first-order valence-corrected chi connectivity index (χ1v) is 7.83. The molecule has 4 heteroatoms. The van der Waals surface area contributed by atoms with E-state index >= 15 is 0 Å². The maximum atomic E-state index is 11.7. The number of hydrogen-bond acceptors (Lipinski definition) is 3. The third kappa shape index (κ3) is 3.08. The molecule has 0 bridgehead atoms. The van der Waals surface area contributed by atoms with E-state index in [9.17, 15) is 4.79 Å². The fourth-order valence-electron chi connectivity index (χ4n) is 3.33. The van der Waals surface area contributed by atoms with Crippen LogP contribution in [0.5, 0.6) is 5.75 Å². The fourth-order valence-corrected chi connectivity index (χ4v) is 3.33. The zero-order valence-electron chi connectivity index (χ0n) is 13.4. The number of benzene rings is 2. The predicted molar refractivity (Wildman–Crippen MR) is 88.6 cm³/mol. The largest absolute Gasteiger partial charge is 0.497 e. The average Bonchev–Trinajstić information content (AvgIpc) is 2.59. The smallest absolute Gasteiger partial charge is 0.246 e. The molecule has 3 rings (SSSR count). The van der Waals surface area contributed by atoms with Crippen molar-refractivity contribution in [2.24, 2.45) is 5.92 Å². The molecule has 0 saturated carbocycles. The van der Waals surface area contributed by atoms with Gasteiger partial charge in [-0.3, -0.25) is 10.0 Å². The average molecular weight is 311 g/mol. The summed E-state index contributed by atoms with van der Waals surface area (Å²) in [5.41, 5.74) is 7.74. The molecule has 0 radical (unpaired) electrons. The van der Waals surface area contributed by atoms with Gasteiger partial charge < -0.3 is 4.74 Å². The minimum Gasteiger partial charge on any atom is -0.497 e. The highest BCUT2D eigenvalue weighted by Gasteiger charge is 2.24. The van der Waals surface area contributed by atoms with E-state index < -0.39 is 0 Å². The van der Waals surface area contributed by atoms with Crippen LogP contribution in [-0.4, -0.2) is 18.2 Å². The standard InChI is InChI=1S/C19H21NO3/c1-12-9-17(23-2)7-8-18(12)14-5-3-13-4-6-15(19(21)20-22)11-16(13)10-14/h3,5,7-10,15,22H,4,6,11H2,1-2H3,(H,20,21). The second-order valence-electron chi connectivity index (χ2n) is 6.08. The predicted octanol–water partition coefficient (Wildman–Crippen LogP) is 3.28. The van der Waals surface area contributed by atoms with Crippen LogP contribution in [0.3, 0.4) is 0 Å². The van der Waals surface area contributed by atoms with Crippen molar-refractivity contribution in [3.05, 3.63) is 53.1 Å². The van der Waals surface area contributed by atoms with Crippen molar-refractivity contribution >= 4 is 5.91 Å². The molecular weight excluding hydrogens is 290 g/mol. The number of rotatable bonds is 3. The number of amides is 1. The van der Waals surface area contributed by atoms with Gasteiger partial charge in [-0.25, -0.2) is 5.48 Å². The summed E-state index contributed by atoms with van der Waals surface area (Å²) in [5, 5.41) is 8.84. The van der Waals surface area contributed by atoms with Crippen LogP contribution >= 0.6 is 0 Å². The van der Waals surface area contributed by atoms with Crippen LogP contribution in [0.1, 0.15) is 23.1 Å². The summed E-state index contributed by atoms with van der Waals surface area (Å²) in [6, 6.07) is 12.5. The molecule has 120 valence electrons. The van der Waals surface area contributed by atoms with Gasteiger partial charge in [0.25, 0.3) is 0 Å². The Balaban J connectivity index is 1.93. The van der Waals surface area contributed by atoms with Crippen molar-refractivity contribution < 1.29 is 14.7 Å². The van der Waals surface area contributed by atoms with Gasteiger partial charge in [0.1, 0.15) is 5.75 Å². The monoisotopic (exact) mass is 311 g/mol. The summed E-state index contributed by atoms with van der Waals surface area (Å²) in [6.07, 6.45) is 2.32. The van der Waals surface area contributed by atoms with Gasteiger partial charge in [-0.15, -0.1) is 0 Å². The van der Waals surface area contributed by atoms with Gasteiger partial charge in [-0.1, -0.05) is 24.3 Å². The Morgan fingerprint density at radius 3 is 2.74 bits per heavy atom. The van der Waals surface area contributed by atoms with E-state index in [1.165, 1.54) is 16.7 Å². The molecule has 0 spiro atoms. The molecule has 0 heterocycles. The quantitative estimate of drug-likeness (QED) is 0.675. The van der Waals surface area contributed by atoms with E-state index in [-0.39, 0.29) is 11.8 Å². The van der Waals surface area contributed by atoms with Crippen molar-refractivity contribution in [1.29, 1.82) is 0 Å². The van der Waals surface area contributed by atoms with Crippen LogP contribution in [0.2, 0.25) is 0 Å². The van der Waals surface area contributed by atoms with Crippen LogP contribution in [0, 0.1) is 12.8 Å². The lowest BCUT2D eigenvalue weighted by Gasteiger charge is -2.23. The van der Waals surface area contributed by atoms with Crippen LogP contribution in [0.4, 0.5) is 0 Å². The summed E-state index contributed by atoms with van der Waals surface area (Å²) < 4.78 is 5.26. The Labute approximate surface area is 136 Å². The molecule has 1 atom stereocenters. The van der Waals surface area contributed by atoms with E-state index in [2.05, 4.69) is 31.2 Å². The summed E-state index contributed by atoms with van der Waals surface area (Å²) in [4.78, 5) is 11.7. The van der Waals surface area contributed by atoms with Crippen molar-refractivity contribution in [2.75, 3.05) is 7.11 Å². The molecule has 1 aliphatic carbocycles. The molecule has 4 nitrogen and oxygen atoms in total. The van der Waals surface area contributed by atoms with Crippen molar-refractivity contribution in [2.45, 2.75) is 26.2 Å². The third-order valence-electron chi connectivity index (χ3n) is 4.66. The first-order chi connectivity index (χ1) is 11.1. The highest BCUT2D eigenvalue weighted by atomic mass is 16.5. The minimum atomic E-state index is -0.290. The lowest BCUT2D eigenvalue weighted by Crippen LogP contribution is -2.31. The summed E-state index contributed by atoms with van der Waals surface area (Å²) >= 11 is 0. The molecular formula is C19H21NO3. The minimum absolute atomic E-state index is 0.153. The van der Waals surface area contributed by atoms with Gasteiger partial charge in [0, 0.05) is 5.92 Å². The first-order valence-electron chi connectivity index (χ1n) is 7.83. The van der Waals surface area contributed by atoms with Gasteiger partial charge in [0.05, 0.1) is 7.11 Å². The van der Waals surface area contributed by atoms with Crippen LogP contribution in [0.25, 0.3) is 11.1 Å². The van der Waals surface area contributed by atoms with E-state index in [0.717, 1.165) is 29.7 Å². The first kappa shape index (κ1) is 15.6. The van der Waals surface area contributed by atoms with E-state index in [0.29, 0.717) is 6.42 Å². The molecule has 1 amide bonds. The molecule has 2 aromatic carbocycles. The lowest BCUT2D eigenvalue weighted by molar-refractivity contribution is -0.133. The Morgan fingerprint density at radius 2 is 2.04 bits per heavy atom. The number of carbonyl (C=O) groups is 1. The Bertz CT molecular complexity index is 739.